The van der Waals surface area contributed by atoms with E-state index in [2.05, 4.69) is 86.7 Å². The Morgan fingerprint density at radius 2 is 1.41 bits per heavy atom. The Labute approximate surface area is 231 Å². The zero-order chi connectivity index (χ0) is 28.5. The molecule has 1 fully saturated rings. The van der Waals surface area contributed by atoms with Crippen molar-refractivity contribution in [1.82, 2.24) is 14.5 Å². The third-order valence-electron chi connectivity index (χ3n) is 8.09. The van der Waals surface area contributed by atoms with Crippen LogP contribution >= 0.6 is 0 Å². The molecular formula is C30H39F3N4OSi. The molecule has 39 heavy (non-hydrogen) atoms. The van der Waals surface area contributed by atoms with E-state index >= 15 is 0 Å². The largest absolute Gasteiger partial charge is 0.573 e. The summed E-state index contributed by atoms with van der Waals surface area (Å²) in [5.74, 6) is 3.82. The van der Waals surface area contributed by atoms with Crippen LogP contribution in [0.4, 0.5) is 18.9 Å². The van der Waals surface area contributed by atoms with Gasteiger partial charge in [-0.3, -0.25) is 4.57 Å². The van der Waals surface area contributed by atoms with Crippen LogP contribution in [-0.4, -0.2) is 62.1 Å². The maximum absolute atomic E-state index is 12.8. The van der Waals surface area contributed by atoms with Crippen molar-refractivity contribution in [2.24, 2.45) is 0 Å². The number of anilines is 1. The zero-order valence-electron chi connectivity index (χ0n) is 23.9. The minimum absolute atomic E-state index is 0.257. The molecule has 2 aromatic carbocycles. The Hall–Kier alpha value is -2.96. The highest BCUT2D eigenvalue weighted by Crippen LogP contribution is 2.41. The Morgan fingerprint density at radius 3 is 1.95 bits per heavy atom. The highest BCUT2D eigenvalue weighted by molar-refractivity contribution is 6.90. The number of ether oxygens (including phenoxy) is 1. The zero-order valence-corrected chi connectivity index (χ0v) is 24.9. The van der Waals surface area contributed by atoms with Gasteiger partial charge >= 0.3 is 6.36 Å². The molecule has 2 heterocycles. The number of alkyl halides is 3. The molecule has 0 unspecified atom stereocenters. The van der Waals surface area contributed by atoms with Crippen molar-refractivity contribution in [3.05, 3.63) is 48.3 Å². The summed E-state index contributed by atoms with van der Waals surface area (Å²) in [7, 11) is 0.0911. The summed E-state index contributed by atoms with van der Waals surface area (Å²) in [6, 6.07) is 12.2. The summed E-state index contributed by atoms with van der Waals surface area (Å²) in [4.78, 5) is 9.59. The van der Waals surface area contributed by atoms with E-state index in [1.54, 1.807) is 12.1 Å². The number of halogens is 3. The smallest absolute Gasteiger partial charge is 0.406 e. The van der Waals surface area contributed by atoms with Crippen LogP contribution in [0.3, 0.4) is 0 Å². The summed E-state index contributed by atoms with van der Waals surface area (Å²) in [5.41, 5.74) is 8.63. The fourth-order valence-electron chi connectivity index (χ4n) is 6.06. The summed E-state index contributed by atoms with van der Waals surface area (Å²) in [6.45, 7) is 17.4. The molecule has 3 aromatic rings. The third-order valence-corrected chi connectivity index (χ3v) is 14.4. The molecule has 5 nitrogen and oxygen atoms in total. The van der Waals surface area contributed by atoms with E-state index < -0.39 is 14.4 Å². The second kappa shape index (κ2) is 11.3. The molecule has 0 saturated carbocycles. The van der Waals surface area contributed by atoms with Gasteiger partial charge in [-0.2, -0.15) is 0 Å². The number of benzene rings is 2. The fourth-order valence-corrected chi connectivity index (χ4v) is 11.3. The average molecular weight is 557 g/mol. The molecule has 1 saturated heterocycles. The summed E-state index contributed by atoms with van der Waals surface area (Å²) in [5, 5.41) is 0. The molecule has 1 aliphatic heterocycles. The van der Waals surface area contributed by atoms with Crippen LogP contribution in [0.25, 0.3) is 16.7 Å². The minimum Gasteiger partial charge on any atom is -0.406 e. The second-order valence-electron chi connectivity index (χ2n) is 11.4. The number of aromatic nitrogens is 2. The van der Waals surface area contributed by atoms with Crippen LogP contribution < -0.4 is 9.64 Å². The van der Waals surface area contributed by atoms with Crippen molar-refractivity contribution in [3.8, 4) is 22.9 Å². The third kappa shape index (κ3) is 6.12. The molecular weight excluding hydrogens is 517 g/mol. The van der Waals surface area contributed by atoms with Gasteiger partial charge in [0.25, 0.3) is 0 Å². The van der Waals surface area contributed by atoms with E-state index in [0.717, 1.165) is 42.9 Å². The Kier molecular flexibility index (Phi) is 8.38. The van der Waals surface area contributed by atoms with E-state index in [1.807, 2.05) is 10.6 Å². The highest BCUT2D eigenvalue weighted by atomic mass is 28.3. The van der Waals surface area contributed by atoms with Crippen LogP contribution in [0.2, 0.25) is 16.6 Å². The van der Waals surface area contributed by atoms with E-state index in [4.69, 9.17) is 4.98 Å². The number of hydrogen-bond donors (Lipinski definition) is 0. The van der Waals surface area contributed by atoms with Gasteiger partial charge < -0.3 is 14.5 Å². The lowest BCUT2D eigenvalue weighted by molar-refractivity contribution is -0.274. The quantitative estimate of drug-likeness (QED) is 0.237. The van der Waals surface area contributed by atoms with Crippen molar-refractivity contribution >= 4 is 24.8 Å². The second-order valence-corrected chi connectivity index (χ2v) is 17.0. The van der Waals surface area contributed by atoms with E-state index in [1.165, 1.54) is 12.1 Å². The molecule has 9 heteroatoms. The number of imidazole rings is 1. The van der Waals surface area contributed by atoms with E-state index in [0.29, 0.717) is 28.1 Å². The predicted molar refractivity (Wildman–Crippen MR) is 155 cm³/mol. The molecule has 1 aromatic heterocycles. The van der Waals surface area contributed by atoms with E-state index in [9.17, 15) is 13.2 Å². The van der Waals surface area contributed by atoms with Crippen molar-refractivity contribution in [1.29, 1.82) is 0 Å². The molecule has 0 aliphatic carbocycles. The molecule has 4 rings (SSSR count). The molecule has 0 N–H and O–H groups in total. The minimum atomic E-state index is -4.74. The van der Waals surface area contributed by atoms with Crippen molar-refractivity contribution in [2.75, 3.05) is 38.1 Å². The first-order valence-corrected chi connectivity index (χ1v) is 15.9. The maximum Gasteiger partial charge on any atom is 0.573 e. The van der Waals surface area contributed by atoms with Gasteiger partial charge in [0.15, 0.2) is 5.82 Å². The van der Waals surface area contributed by atoms with Crippen LogP contribution in [0.15, 0.2) is 42.5 Å². The van der Waals surface area contributed by atoms with Gasteiger partial charge in [0, 0.05) is 37.6 Å². The van der Waals surface area contributed by atoms with Crippen molar-refractivity contribution in [2.45, 2.75) is 64.5 Å². The highest BCUT2D eigenvalue weighted by Gasteiger charge is 2.42. The number of hydrogen-bond acceptors (Lipinski definition) is 4. The average Bonchev–Trinajstić information content (AvgIpc) is 3.21. The number of piperazine rings is 1. The molecule has 0 spiro atoms. The number of fused-ring (bicyclic) bond motifs is 1. The van der Waals surface area contributed by atoms with Gasteiger partial charge in [0.2, 0.25) is 0 Å². The van der Waals surface area contributed by atoms with Crippen LogP contribution in [0.1, 0.15) is 47.4 Å². The maximum atomic E-state index is 12.8. The fraction of sp³-hybridized carbons (Fsp3) is 0.500. The lowest BCUT2D eigenvalue weighted by Gasteiger charge is -2.38. The normalized spacial score (nSPS) is 15.4. The first-order valence-electron chi connectivity index (χ1n) is 13.7. The molecule has 0 bridgehead atoms. The standard InChI is InChI=1S/C30H39F3N4OSi/c1-21(2)39(22(3)4,23(5)6)19-14-29-34-27-13-10-25(36-17-15-35(7)16-18-36)20-28(27)37(29)24-8-11-26(12-9-24)38-30(31,32)33/h8-13,20-23H,15-18H2,1-7H3. The lowest BCUT2D eigenvalue weighted by Crippen LogP contribution is -2.44. The first-order chi connectivity index (χ1) is 18.3. The van der Waals surface area contributed by atoms with E-state index in [-0.39, 0.29) is 5.75 Å². The van der Waals surface area contributed by atoms with Gasteiger partial charge in [0.05, 0.1) is 11.0 Å². The van der Waals surface area contributed by atoms with Crippen LogP contribution in [-0.2, 0) is 0 Å². The first kappa shape index (κ1) is 29.0. The van der Waals surface area contributed by atoms with Gasteiger partial charge in [-0.25, -0.2) is 4.98 Å². The summed E-state index contributed by atoms with van der Waals surface area (Å²) in [6.07, 6.45) is -4.74. The van der Waals surface area contributed by atoms with Crippen LogP contribution in [0, 0.1) is 11.5 Å². The molecule has 0 radical (unpaired) electrons. The SMILES string of the molecule is CC(C)[Si](C#Cc1nc2ccc(N3CCN(C)CC3)cc2n1-c1ccc(OC(F)(F)F)cc1)(C(C)C)C(C)C. The van der Waals surface area contributed by atoms with Gasteiger partial charge in [-0.15, -0.1) is 18.7 Å². The monoisotopic (exact) mass is 556 g/mol. The van der Waals surface area contributed by atoms with Gasteiger partial charge in [-0.05, 0) is 72.1 Å². The number of likely N-dealkylation sites (N-methyl/N-ethyl adjacent to an activating group) is 1. The predicted octanol–water partition coefficient (Wildman–Crippen LogP) is 7.25. The molecule has 0 atom stereocenters. The van der Waals surface area contributed by atoms with Crippen molar-refractivity contribution in [3.63, 3.8) is 0 Å². The molecule has 1 aliphatic rings. The van der Waals surface area contributed by atoms with Gasteiger partial charge in [0.1, 0.15) is 13.8 Å². The van der Waals surface area contributed by atoms with Crippen molar-refractivity contribution < 1.29 is 17.9 Å². The van der Waals surface area contributed by atoms with Gasteiger partial charge in [-0.1, -0.05) is 41.5 Å². The molecule has 0 amide bonds. The Bertz CT molecular complexity index is 1320. The lowest BCUT2D eigenvalue weighted by atomic mass is 10.2. The van der Waals surface area contributed by atoms with Crippen LogP contribution in [0.5, 0.6) is 5.75 Å². The summed E-state index contributed by atoms with van der Waals surface area (Å²) < 4.78 is 44.4. The number of nitrogens with zero attached hydrogens (tertiary/aromatic N) is 4. The summed E-state index contributed by atoms with van der Waals surface area (Å²) >= 11 is 0. The number of rotatable bonds is 6. The topological polar surface area (TPSA) is 33.5 Å². The Balaban J connectivity index is 1.87. The Morgan fingerprint density at radius 1 is 0.846 bits per heavy atom. The molecule has 210 valence electrons.